The molecule has 1 aromatic heterocycles. The van der Waals surface area contributed by atoms with Gasteiger partial charge in [-0.15, -0.1) is 0 Å². The molecular formula is C21H20BrN5OS. The van der Waals surface area contributed by atoms with E-state index in [0.717, 1.165) is 58.9 Å². The SMILES string of the molecule is S=C(Nc1ccc(Oc2ccccc2)cc1)N1CCN(c2ncc(Br)cn2)CC1. The first-order valence-electron chi connectivity index (χ1n) is 9.29. The average molecular weight is 470 g/mol. The Hall–Kier alpha value is -2.71. The quantitative estimate of drug-likeness (QED) is 0.562. The van der Waals surface area contributed by atoms with Crippen LogP contribution in [0.2, 0.25) is 0 Å². The molecule has 0 bridgehead atoms. The fraction of sp³-hybridized carbons (Fsp3) is 0.190. The lowest BCUT2D eigenvalue weighted by molar-refractivity contribution is 0.388. The fourth-order valence-electron chi connectivity index (χ4n) is 3.01. The highest BCUT2D eigenvalue weighted by Crippen LogP contribution is 2.23. The van der Waals surface area contributed by atoms with Gasteiger partial charge in [0.1, 0.15) is 11.5 Å². The standard InChI is InChI=1S/C21H20BrN5OS/c22-16-14-23-20(24-15-16)26-10-12-27(13-11-26)21(29)25-17-6-8-19(9-7-17)28-18-4-2-1-3-5-18/h1-9,14-15H,10-13H2,(H,25,29). The molecule has 6 nitrogen and oxygen atoms in total. The number of aromatic nitrogens is 2. The number of hydrogen-bond donors (Lipinski definition) is 1. The van der Waals surface area contributed by atoms with Gasteiger partial charge in [0.05, 0.1) is 4.47 Å². The van der Waals surface area contributed by atoms with Crippen LogP contribution in [-0.4, -0.2) is 46.2 Å². The number of benzene rings is 2. The summed E-state index contributed by atoms with van der Waals surface area (Å²) in [6.45, 7) is 3.29. The van der Waals surface area contributed by atoms with Gasteiger partial charge in [-0.3, -0.25) is 0 Å². The van der Waals surface area contributed by atoms with Crippen LogP contribution >= 0.6 is 28.1 Å². The molecular weight excluding hydrogens is 450 g/mol. The highest BCUT2D eigenvalue weighted by molar-refractivity contribution is 9.10. The first-order chi connectivity index (χ1) is 14.2. The summed E-state index contributed by atoms with van der Waals surface area (Å²) < 4.78 is 6.70. The van der Waals surface area contributed by atoms with Crippen LogP contribution < -0.4 is 15.0 Å². The average Bonchev–Trinajstić information content (AvgIpc) is 2.76. The van der Waals surface area contributed by atoms with E-state index >= 15 is 0 Å². The fourth-order valence-corrected chi connectivity index (χ4v) is 3.52. The van der Waals surface area contributed by atoms with Crippen LogP contribution in [-0.2, 0) is 0 Å². The maximum Gasteiger partial charge on any atom is 0.225 e. The number of rotatable bonds is 4. The number of anilines is 2. The molecule has 1 aliphatic rings. The van der Waals surface area contributed by atoms with E-state index in [9.17, 15) is 0 Å². The lowest BCUT2D eigenvalue weighted by Gasteiger charge is -2.36. The predicted molar refractivity (Wildman–Crippen MR) is 123 cm³/mol. The first kappa shape index (κ1) is 19.6. The lowest BCUT2D eigenvalue weighted by Crippen LogP contribution is -2.50. The summed E-state index contributed by atoms with van der Waals surface area (Å²) in [7, 11) is 0. The molecule has 0 amide bonds. The molecule has 4 rings (SSSR count). The zero-order chi connectivity index (χ0) is 20.1. The van der Waals surface area contributed by atoms with Gasteiger partial charge in [0.2, 0.25) is 5.95 Å². The van der Waals surface area contributed by atoms with Crippen molar-refractivity contribution in [1.29, 1.82) is 0 Å². The summed E-state index contributed by atoms with van der Waals surface area (Å²) in [6, 6.07) is 17.5. The van der Waals surface area contributed by atoms with Gasteiger partial charge in [-0.2, -0.15) is 0 Å². The van der Waals surface area contributed by atoms with Crippen molar-refractivity contribution in [2.45, 2.75) is 0 Å². The zero-order valence-corrected chi connectivity index (χ0v) is 18.1. The van der Waals surface area contributed by atoms with Gasteiger partial charge in [-0.25, -0.2) is 9.97 Å². The maximum absolute atomic E-state index is 5.82. The van der Waals surface area contributed by atoms with E-state index in [1.54, 1.807) is 12.4 Å². The molecule has 148 valence electrons. The van der Waals surface area contributed by atoms with E-state index in [-0.39, 0.29) is 0 Å². The van der Waals surface area contributed by atoms with Gasteiger partial charge in [0.15, 0.2) is 5.11 Å². The Morgan fingerprint density at radius 2 is 1.52 bits per heavy atom. The third kappa shape index (κ3) is 5.21. The molecule has 0 saturated carbocycles. The maximum atomic E-state index is 5.82. The molecule has 1 N–H and O–H groups in total. The van der Waals surface area contributed by atoms with Gasteiger partial charge in [-0.05, 0) is 64.5 Å². The van der Waals surface area contributed by atoms with Crippen LogP contribution in [0, 0.1) is 0 Å². The van der Waals surface area contributed by atoms with E-state index in [0.29, 0.717) is 0 Å². The van der Waals surface area contributed by atoms with Crippen LogP contribution in [0.1, 0.15) is 0 Å². The van der Waals surface area contributed by atoms with Gasteiger partial charge < -0.3 is 19.9 Å². The summed E-state index contributed by atoms with van der Waals surface area (Å²) in [5.41, 5.74) is 0.939. The molecule has 1 aliphatic heterocycles. The van der Waals surface area contributed by atoms with Crippen LogP contribution in [0.15, 0.2) is 71.5 Å². The summed E-state index contributed by atoms with van der Waals surface area (Å²) in [5.74, 6) is 2.35. The van der Waals surface area contributed by atoms with Crippen molar-refractivity contribution < 1.29 is 4.74 Å². The van der Waals surface area contributed by atoms with Gasteiger partial charge in [0.25, 0.3) is 0 Å². The summed E-state index contributed by atoms with van der Waals surface area (Å²) in [4.78, 5) is 13.1. The van der Waals surface area contributed by atoms with Crippen LogP contribution in [0.4, 0.5) is 11.6 Å². The van der Waals surface area contributed by atoms with E-state index in [4.69, 9.17) is 17.0 Å². The Balaban J connectivity index is 1.29. The second-order valence-electron chi connectivity index (χ2n) is 6.55. The van der Waals surface area contributed by atoms with Crippen molar-refractivity contribution in [1.82, 2.24) is 14.9 Å². The van der Waals surface area contributed by atoms with Crippen molar-refractivity contribution in [3.63, 3.8) is 0 Å². The number of ether oxygens (including phenoxy) is 1. The van der Waals surface area contributed by atoms with Crippen molar-refractivity contribution >= 4 is 44.9 Å². The first-order valence-corrected chi connectivity index (χ1v) is 10.5. The Morgan fingerprint density at radius 3 is 2.17 bits per heavy atom. The summed E-state index contributed by atoms with van der Waals surface area (Å²) in [6.07, 6.45) is 3.54. The second kappa shape index (κ2) is 9.19. The third-order valence-corrected chi connectivity index (χ3v) is 5.31. The molecule has 29 heavy (non-hydrogen) atoms. The van der Waals surface area contributed by atoms with E-state index in [1.165, 1.54) is 0 Å². The number of nitrogens with one attached hydrogen (secondary N) is 1. The minimum atomic E-state index is 0.720. The number of nitrogens with zero attached hydrogens (tertiary/aromatic N) is 4. The Bertz CT molecular complexity index is 945. The predicted octanol–water partition coefficient (Wildman–Crippen LogP) is 4.55. The number of hydrogen-bond acceptors (Lipinski definition) is 5. The smallest absolute Gasteiger partial charge is 0.225 e. The van der Waals surface area contributed by atoms with Crippen molar-refractivity contribution in [2.24, 2.45) is 0 Å². The molecule has 8 heteroatoms. The topological polar surface area (TPSA) is 53.5 Å². The second-order valence-corrected chi connectivity index (χ2v) is 7.85. The number of thiocarbonyl (C=S) groups is 1. The molecule has 0 radical (unpaired) electrons. The number of halogens is 1. The van der Waals surface area contributed by atoms with Crippen molar-refractivity contribution in [3.8, 4) is 11.5 Å². The van der Waals surface area contributed by atoms with E-state index in [1.807, 2.05) is 54.6 Å². The molecule has 0 aliphatic carbocycles. The number of piperazine rings is 1. The molecule has 2 heterocycles. The molecule has 1 saturated heterocycles. The van der Waals surface area contributed by atoms with Crippen LogP contribution in [0.5, 0.6) is 11.5 Å². The molecule has 0 atom stereocenters. The zero-order valence-electron chi connectivity index (χ0n) is 15.7. The monoisotopic (exact) mass is 469 g/mol. The van der Waals surface area contributed by atoms with Gasteiger partial charge in [0, 0.05) is 44.3 Å². The summed E-state index contributed by atoms with van der Waals surface area (Å²) >= 11 is 8.96. The third-order valence-electron chi connectivity index (χ3n) is 4.54. The molecule has 0 unspecified atom stereocenters. The molecule has 2 aromatic carbocycles. The largest absolute Gasteiger partial charge is 0.457 e. The van der Waals surface area contributed by atoms with Gasteiger partial charge in [-0.1, -0.05) is 18.2 Å². The Kier molecular flexibility index (Phi) is 6.21. The summed E-state index contributed by atoms with van der Waals surface area (Å²) in [5, 5.41) is 4.03. The van der Waals surface area contributed by atoms with E-state index in [2.05, 4.69) is 41.0 Å². The highest BCUT2D eigenvalue weighted by atomic mass is 79.9. The molecule has 3 aromatic rings. The van der Waals surface area contributed by atoms with Crippen LogP contribution in [0.25, 0.3) is 0 Å². The minimum Gasteiger partial charge on any atom is -0.457 e. The normalized spacial score (nSPS) is 13.8. The van der Waals surface area contributed by atoms with Crippen LogP contribution in [0.3, 0.4) is 0 Å². The Morgan fingerprint density at radius 1 is 0.897 bits per heavy atom. The minimum absolute atomic E-state index is 0.720. The number of para-hydroxylation sites is 1. The highest BCUT2D eigenvalue weighted by Gasteiger charge is 2.20. The van der Waals surface area contributed by atoms with E-state index < -0.39 is 0 Å². The van der Waals surface area contributed by atoms with Gasteiger partial charge >= 0.3 is 0 Å². The lowest BCUT2D eigenvalue weighted by atomic mass is 10.3. The molecule has 1 fully saturated rings. The molecule has 0 spiro atoms. The van der Waals surface area contributed by atoms with Crippen molar-refractivity contribution in [2.75, 3.05) is 36.4 Å². The van der Waals surface area contributed by atoms with Crippen molar-refractivity contribution in [3.05, 3.63) is 71.5 Å². The Labute approximate surface area is 183 Å².